The van der Waals surface area contributed by atoms with Crippen LogP contribution in [-0.2, 0) is 4.79 Å². The summed E-state index contributed by atoms with van der Waals surface area (Å²) in [6.45, 7) is 3.45. The minimum Gasteiger partial charge on any atom is -0.478 e. The van der Waals surface area contributed by atoms with Crippen molar-refractivity contribution < 1.29 is 13.9 Å². The summed E-state index contributed by atoms with van der Waals surface area (Å²) in [5.74, 6) is 0.826. The van der Waals surface area contributed by atoms with E-state index in [2.05, 4.69) is 10.3 Å². The van der Waals surface area contributed by atoms with Crippen molar-refractivity contribution in [3.8, 4) is 17.2 Å². The van der Waals surface area contributed by atoms with Crippen LogP contribution in [0, 0.1) is 0 Å². The number of nitrogens with zero attached hydrogens (tertiary/aromatic N) is 1. The van der Waals surface area contributed by atoms with Gasteiger partial charge < -0.3 is 14.5 Å². The first-order valence-corrected chi connectivity index (χ1v) is 9.50. The third-order valence-corrected chi connectivity index (χ3v) is 4.62. The molecule has 1 N–H and O–H groups in total. The highest BCUT2D eigenvalue weighted by Gasteiger charge is 2.30. The number of fused-ring (bicyclic) bond motifs is 1. The van der Waals surface area contributed by atoms with Crippen molar-refractivity contribution in [3.05, 3.63) is 77.8 Å². The Morgan fingerprint density at radius 1 is 1.03 bits per heavy atom. The number of oxazole rings is 1. The van der Waals surface area contributed by atoms with Crippen LogP contribution in [0.25, 0.3) is 22.6 Å². The predicted molar refractivity (Wildman–Crippen MR) is 114 cm³/mol. The summed E-state index contributed by atoms with van der Waals surface area (Å²) in [6, 6.07) is 21.8. The first kappa shape index (κ1) is 19.0. The lowest BCUT2D eigenvalue weighted by atomic mass is 10.1. The second kappa shape index (κ2) is 7.60. The van der Waals surface area contributed by atoms with Gasteiger partial charge in [-0.25, -0.2) is 4.98 Å². The van der Waals surface area contributed by atoms with Crippen LogP contribution >= 0.6 is 11.6 Å². The first-order chi connectivity index (χ1) is 13.9. The number of para-hydroxylation sites is 1. The zero-order chi connectivity index (χ0) is 20.4. The van der Waals surface area contributed by atoms with Gasteiger partial charge >= 0.3 is 0 Å². The third-order valence-electron chi connectivity index (χ3n) is 4.38. The van der Waals surface area contributed by atoms with E-state index in [1.54, 1.807) is 38.1 Å². The van der Waals surface area contributed by atoms with Gasteiger partial charge in [-0.1, -0.05) is 35.9 Å². The van der Waals surface area contributed by atoms with E-state index >= 15 is 0 Å². The van der Waals surface area contributed by atoms with Crippen molar-refractivity contribution in [1.82, 2.24) is 4.98 Å². The van der Waals surface area contributed by atoms with Crippen LogP contribution in [-0.4, -0.2) is 16.5 Å². The zero-order valence-corrected chi connectivity index (χ0v) is 16.7. The number of anilines is 1. The molecule has 0 aliphatic rings. The molecule has 5 nitrogen and oxygen atoms in total. The Morgan fingerprint density at radius 3 is 2.62 bits per heavy atom. The fourth-order valence-corrected chi connectivity index (χ4v) is 3.03. The topological polar surface area (TPSA) is 64.4 Å². The van der Waals surface area contributed by atoms with Crippen LogP contribution in [0.5, 0.6) is 5.75 Å². The van der Waals surface area contributed by atoms with Crippen molar-refractivity contribution in [2.24, 2.45) is 0 Å². The molecule has 0 saturated heterocycles. The van der Waals surface area contributed by atoms with Gasteiger partial charge in [0.2, 0.25) is 5.89 Å². The first-order valence-electron chi connectivity index (χ1n) is 9.13. The third kappa shape index (κ3) is 4.25. The highest BCUT2D eigenvalue weighted by Crippen LogP contribution is 2.28. The molecule has 0 unspecified atom stereocenters. The maximum Gasteiger partial charge on any atom is 0.267 e. The molecule has 0 aliphatic heterocycles. The Bertz CT molecular complexity index is 1170. The van der Waals surface area contributed by atoms with E-state index in [9.17, 15) is 4.79 Å². The number of carbonyl (C=O) groups is 1. The molecule has 1 aromatic heterocycles. The van der Waals surface area contributed by atoms with E-state index in [0.29, 0.717) is 33.4 Å². The van der Waals surface area contributed by atoms with E-state index in [1.165, 1.54) is 0 Å². The molecule has 0 aliphatic carbocycles. The normalized spacial score (nSPS) is 11.4. The molecule has 0 bridgehead atoms. The van der Waals surface area contributed by atoms with Gasteiger partial charge in [0.15, 0.2) is 11.2 Å². The summed E-state index contributed by atoms with van der Waals surface area (Å²) in [5.41, 5.74) is 1.65. The predicted octanol–water partition coefficient (Wildman–Crippen LogP) is 5.94. The van der Waals surface area contributed by atoms with Gasteiger partial charge in [0.05, 0.1) is 0 Å². The van der Waals surface area contributed by atoms with Gasteiger partial charge in [-0.2, -0.15) is 0 Å². The number of carbonyl (C=O) groups excluding carboxylic acids is 1. The summed E-state index contributed by atoms with van der Waals surface area (Å²) in [7, 11) is 0. The Hall–Kier alpha value is -3.31. The average Bonchev–Trinajstić information content (AvgIpc) is 3.12. The molecule has 4 rings (SSSR count). The molecule has 4 aromatic rings. The second-order valence-electron chi connectivity index (χ2n) is 7.09. The fraction of sp³-hybridized carbons (Fsp3) is 0.130. The van der Waals surface area contributed by atoms with Crippen LogP contribution in [0.1, 0.15) is 13.8 Å². The zero-order valence-electron chi connectivity index (χ0n) is 16.0. The highest BCUT2D eigenvalue weighted by atomic mass is 35.5. The summed E-state index contributed by atoms with van der Waals surface area (Å²) in [4.78, 5) is 17.3. The van der Waals surface area contributed by atoms with E-state index in [-0.39, 0.29) is 5.91 Å². The van der Waals surface area contributed by atoms with Crippen LogP contribution in [0.4, 0.5) is 5.69 Å². The van der Waals surface area contributed by atoms with Crippen molar-refractivity contribution in [1.29, 1.82) is 0 Å². The minimum absolute atomic E-state index is 0.261. The SMILES string of the molecule is CC(C)(Oc1ccccc1)C(=O)Nc1cccc(-c2nc3cc(Cl)ccc3o2)c1. The lowest BCUT2D eigenvalue weighted by Gasteiger charge is -2.25. The van der Waals surface area contributed by atoms with Crippen molar-refractivity contribution in [2.45, 2.75) is 19.4 Å². The van der Waals surface area contributed by atoms with Crippen molar-refractivity contribution in [2.75, 3.05) is 5.32 Å². The number of nitrogens with one attached hydrogen (secondary N) is 1. The smallest absolute Gasteiger partial charge is 0.267 e. The second-order valence-corrected chi connectivity index (χ2v) is 7.53. The summed E-state index contributed by atoms with van der Waals surface area (Å²) < 4.78 is 11.7. The molecule has 0 spiro atoms. The Labute approximate surface area is 173 Å². The molecule has 3 aromatic carbocycles. The van der Waals surface area contributed by atoms with Crippen LogP contribution in [0.2, 0.25) is 5.02 Å². The lowest BCUT2D eigenvalue weighted by molar-refractivity contribution is -0.128. The number of benzene rings is 3. The van der Waals surface area contributed by atoms with Gasteiger partial charge in [-0.15, -0.1) is 0 Å². The Morgan fingerprint density at radius 2 is 1.83 bits per heavy atom. The van der Waals surface area contributed by atoms with E-state index in [0.717, 1.165) is 5.56 Å². The van der Waals surface area contributed by atoms with Crippen LogP contribution < -0.4 is 10.1 Å². The standard InChI is InChI=1S/C23H19ClN2O3/c1-23(2,29-18-9-4-3-5-10-18)22(27)25-17-8-6-7-15(13-17)21-26-19-14-16(24)11-12-20(19)28-21/h3-14H,1-2H3,(H,25,27). The minimum atomic E-state index is -1.05. The number of halogens is 1. The number of ether oxygens (including phenoxy) is 1. The Balaban J connectivity index is 1.54. The van der Waals surface area contributed by atoms with Crippen molar-refractivity contribution in [3.63, 3.8) is 0 Å². The van der Waals surface area contributed by atoms with E-state index < -0.39 is 5.60 Å². The number of aromatic nitrogens is 1. The lowest BCUT2D eigenvalue weighted by Crippen LogP contribution is -2.42. The van der Waals surface area contributed by atoms with E-state index in [4.69, 9.17) is 20.8 Å². The molecule has 0 atom stereocenters. The highest BCUT2D eigenvalue weighted by molar-refractivity contribution is 6.31. The maximum absolute atomic E-state index is 12.8. The van der Waals surface area contributed by atoms with Crippen LogP contribution in [0.15, 0.2) is 77.2 Å². The summed E-state index contributed by atoms with van der Waals surface area (Å²) in [5, 5.41) is 3.50. The van der Waals surface area contributed by atoms with Crippen molar-refractivity contribution >= 4 is 34.3 Å². The monoisotopic (exact) mass is 406 g/mol. The molecule has 1 heterocycles. The summed E-state index contributed by atoms with van der Waals surface area (Å²) >= 11 is 6.02. The molecule has 6 heteroatoms. The molecular formula is C23H19ClN2O3. The molecule has 0 fully saturated rings. The maximum atomic E-state index is 12.8. The number of rotatable bonds is 5. The quantitative estimate of drug-likeness (QED) is 0.445. The molecule has 1 amide bonds. The number of amides is 1. The fourth-order valence-electron chi connectivity index (χ4n) is 2.87. The molecular weight excluding hydrogens is 388 g/mol. The Kier molecular flexibility index (Phi) is 4.99. The largest absolute Gasteiger partial charge is 0.478 e. The summed E-state index contributed by atoms with van der Waals surface area (Å²) in [6.07, 6.45) is 0. The number of hydrogen-bond donors (Lipinski definition) is 1. The molecule has 0 radical (unpaired) electrons. The van der Waals surface area contributed by atoms with Gasteiger partial charge in [-0.3, -0.25) is 4.79 Å². The average molecular weight is 407 g/mol. The molecule has 29 heavy (non-hydrogen) atoms. The molecule has 146 valence electrons. The van der Waals surface area contributed by atoms with E-state index in [1.807, 2.05) is 48.5 Å². The van der Waals surface area contributed by atoms with Gasteiger partial charge in [-0.05, 0) is 62.4 Å². The number of hydrogen-bond acceptors (Lipinski definition) is 4. The van der Waals surface area contributed by atoms with Gasteiger partial charge in [0.1, 0.15) is 11.3 Å². The molecule has 0 saturated carbocycles. The van der Waals surface area contributed by atoms with Gasteiger partial charge in [0.25, 0.3) is 5.91 Å². The van der Waals surface area contributed by atoms with Gasteiger partial charge in [0, 0.05) is 16.3 Å². The van der Waals surface area contributed by atoms with Crippen LogP contribution in [0.3, 0.4) is 0 Å².